The molecule has 0 aromatic heterocycles. The molecular formula is C27H22F2N2O5S. The number of benzene rings is 3. The van der Waals surface area contributed by atoms with Gasteiger partial charge in [0.15, 0.2) is 11.5 Å². The van der Waals surface area contributed by atoms with Crippen LogP contribution < -0.4 is 14.8 Å². The molecule has 7 nitrogen and oxygen atoms in total. The zero-order chi connectivity index (χ0) is 26.5. The lowest BCUT2D eigenvalue weighted by atomic mass is 10.1. The van der Waals surface area contributed by atoms with E-state index in [9.17, 15) is 23.2 Å². The molecule has 10 heteroatoms. The van der Waals surface area contributed by atoms with Crippen LogP contribution in [0.4, 0.5) is 19.3 Å². The van der Waals surface area contributed by atoms with E-state index < -0.39 is 35.2 Å². The fourth-order valence-electron chi connectivity index (χ4n) is 3.45. The second-order valence-electron chi connectivity index (χ2n) is 8.12. The third-order valence-electron chi connectivity index (χ3n) is 5.38. The molecule has 0 atom stereocenters. The number of ether oxygens (including phenoxy) is 2. The molecular weight excluding hydrogens is 502 g/mol. The van der Waals surface area contributed by atoms with Crippen LogP contribution >= 0.6 is 11.8 Å². The summed E-state index contributed by atoms with van der Waals surface area (Å²) in [4.78, 5) is 38.3. The molecule has 1 fully saturated rings. The molecule has 1 N–H and O–H groups in total. The van der Waals surface area contributed by atoms with Gasteiger partial charge in [0.1, 0.15) is 24.8 Å². The normalized spacial score (nSPS) is 14.3. The largest absolute Gasteiger partial charge is 0.493 e. The van der Waals surface area contributed by atoms with Crippen LogP contribution in [-0.4, -0.2) is 35.6 Å². The minimum atomic E-state index is -0.970. The van der Waals surface area contributed by atoms with E-state index in [2.05, 4.69) is 5.32 Å². The average molecular weight is 525 g/mol. The fraction of sp³-hybridized carbons (Fsp3) is 0.148. The van der Waals surface area contributed by atoms with Crippen LogP contribution in [0, 0.1) is 18.6 Å². The van der Waals surface area contributed by atoms with E-state index in [0.29, 0.717) is 41.5 Å². The molecule has 0 aliphatic carbocycles. The second-order valence-corrected chi connectivity index (χ2v) is 9.12. The molecule has 0 saturated carbocycles. The summed E-state index contributed by atoms with van der Waals surface area (Å²) in [5, 5.41) is 1.59. The van der Waals surface area contributed by atoms with Crippen molar-refractivity contribution in [2.75, 3.05) is 19.0 Å². The van der Waals surface area contributed by atoms with Gasteiger partial charge in [-0.15, -0.1) is 0 Å². The molecule has 0 unspecified atom stereocenters. The topological polar surface area (TPSA) is 84.9 Å². The Morgan fingerprint density at radius 2 is 1.78 bits per heavy atom. The van der Waals surface area contributed by atoms with E-state index in [4.69, 9.17) is 9.47 Å². The molecule has 37 heavy (non-hydrogen) atoms. The second kappa shape index (κ2) is 11.3. The van der Waals surface area contributed by atoms with Crippen molar-refractivity contribution in [1.82, 2.24) is 4.90 Å². The maximum absolute atomic E-state index is 13.8. The fourth-order valence-corrected chi connectivity index (χ4v) is 4.29. The predicted octanol–water partition coefficient (Wildman–Crippen LogP) is 5.54. The highest BCUT2D eigenvalue weighted by atomic mass is 32.2. The number of halogens is 2. The molecule has 1 heterocycles. The molecule has 4 rings (SSSR count). The van der Waals surface area contributed by atoms with Crippen LogP contribution in [0.2, 0.25) is 0 Å². The summed E-state index contributed by atoms with van der Waals surface area (Å²) in [6.45, 7) is 1.73. The maximum atomic E-state index is 13.8. The van der Waals surface area contributed by atoms with Gasteiger partial charge in [-0.25, -0.2) is 8.78 Å². The number of nitrogens with zero attached hydrogens (tertiary/aromatic N) is 1. The van der Waals surface area contributed by atoms with Gasteiger partial charge in [0.25, 0.3) is 11.1 Å². The molecule has 3 amide bonds. The summed E-state index contributed by atoms with van der Waals surface area (Å²) in [6.07, 6.45) is 1.51. The number of hydrogen-bond acceptors (Lipinski definition) is 6. The number of amides is 3. The first kappa shape index (κ1) is 25.9. The number of anilines is 1. The van der Waals surface area contributed by atoms with Gasteiger partial charge >= 0.3 is 0 Å². The Kier molecular flexibility index (Phi) is 7.88. The van der Waals surface area contributed by atoms with Crippen LogP contribution in [0.1, 0.15) is 16.7 Å². The third-order valence-corrected chi connectivity index (χ3v) is 6.29. The van der Waals surface area contributed by atoms with Crippen LogP contribution in [-0.2, 0) is 16.2 Å². The molecule has 3 aromatic carbocycles. The molecule has 0 bridgehead atoms. The van der Waals surface area contributed by atoms with Crippen molar-refractivity contribution in [2.45, 2.75) is 13.5 Å². The van der Waals surface area contributed by atoms with Gasteiger partial charge in [-0.05, 0) is 60.2 Å². The van der Waals surface area contributed by atoms with Crippen LogP contribution in [0.15, 0.2) is 65.6 Å². The molecule has 3 aromatic rings. The van der Waals surface area contributed by atoms with Gasteiger partial charge in [-0.1, -0.05) is 35.9 Å². The lowest BCUT2D eigenvalue weighted by Crippen LogP contribution is -2.36. The van der Waals surface area contributed by atoms with Gasteiger partial charge in [-0.3, -0.25) is 19.3 Å². The minimum Gasteiger partial charge on any atom is -0.493 e. The van der Waals surface area contributed by atoms with E-state index in [1.54, 1.807) is 18.2 Å². The Morgan fingerprint density at radius 3 is 2.49 bits per heavy atom. The first-order valence-corrected chi connectivity index (χ1v) is 11.9. The number of thioether (sulfide) groups is 1. The predicted molar refractivity (Wildman–Crippen MR) is 136 cm³/mol. The molecule has 1 aliphatic rings. The summed E-state index contributed by atoms with van der Waals surface area (Å²) >= 11 is 0.679. The van der Waals surface area contributed by atoms with Crippen LogP contribution in [0.25, 0.3) is 6.08 Å². The monoisotopic (exact) mass is 524 g/mol. The summed E-state index contributed by atoms with van der Waals surface area (Å²) in [5.41, 5.74) is 2.47. The highest BCUT2D eigenvalue weighted by Crippen LogP contribution is 2.35. The molecule has 1 saturated heterocycles. The van der Waals surface area contributed by atoms with Crippen LogP contribution in [0.5, 0.6) is 11.5 Å². The quantitative estimate of drug-likeness (QED) is 0.390. The number of nitrogens with one attached hydrogen (secondary N) is 1. The number of aryl methyl sites for hydroxylation is 1. The van der Waals surface area contributed by atoms with Crippen LogP contribution in [0.3, 0.4) is 0 Å². The van der Waals surface area contributed by atoms with E-state index in [1.165, 1.54) is 13.2 Å². The summed E-state index contributed by atoms with van der Waals surface area (Å²) < 4.78 is 38.1. The van der Waals surface area contributed by atoms with Crippen molar-refractivity contribution in [2.24, 2.45) is 0 Å². The van der Waals surface area contributed by atoms with Gasteiger partial charge in [0.05, 0.1) is 17.7 Å². The zero-order valence-corrected chi connectivity index (χ0v) is 20.7. The Morgan fingerprint density at radius 1 is 1.03 bits per heavy atom. The average Bonchev–Trinajstić information content (AvgIpc) is 3.13. The zero-order valence-electron chi connectivity index (χ0n) is 19.9. The summed E-state index contributed by atoms with van der Waals surface area (Å²) in [6, 6.07) is 15.7. The van der Waals surface area contributed by atoms with Crippen molar-refractivity contribution in [3.8, 4) is 11.5 Å². The first-order valence-electron chi connectivity index (χ1n) is 11.1. The molecule has 190 valence electrons. The third kappa shape index (κ3) is 6.34. The minimum absolute atomic E-state index is 0.112. The Bertz CT molecular complexity index is 1390. The van der Waals surface area contributed by atoms with Crippen molar-refractivity contribution in [3.63, 3.8) is 0 Å². The van der Waals surface area contributed by atoms with Gasteiger partial charge in [-0.2, -0.15) is 0 Å². The Labute approximate surface area is 216 Å². The smallest absolute Gasteiger partial charge is 0.294 e. The number of rotatable bonds is 8. The van der Waals surface area contributed by atoms with Crippen molar-refractivity contribution < 1.29 is 32.6 Å². The number of methoxy groups -OCH3 is 1. The summed E-state index contributed by atoms with van der Waals surface area (Å²) in [7, 11) is 1.49. The van der Waals surface area contributed by atoms with E-state index in [1.807, 2.05) is 31.2 Å². The molecule has 1 aliphatic heterocycles. The highest BCUT2D eigenvalue weighted by molar-refractivity contribution is 8.18. The molecule has 0 radical (unpaired) electrons. The van der Waals surface area contributed by atoms with E-state index in [0.717, 1.165) is 28.2 Å². The van der Waals surface area contributed by atoms with Gasteiger partial charge in [0, 0.05) is 6.07 Å². The van der Waals surface area contributed by atoms with Gasteiger partial charge < -0.3 is 14.8 Å². The number of imide groups is 1. The van der Waals surface area contributed by atoms with Gasteiger partial charge in [0.2, 0.25) is 5.91 Å². The Balaban J connectivity index is 1.42. The lowest BCUT2D eigenvalue weighted by molar-refractivity contribution is -0.127. The number of carbonyl (C=O) groups is 3. The standard InChI is InChI=1S/C27H22F2N2O5S/c1-16-3-5-17(6-4-16)15-36-22-10-7-18(11-23(22)35-2)12-24-26(33)31(27(34)37-24)14-25(32)30-21-9-8-19(28)13-20(21)29/h3-13H,14-15H2,1-2H3,(H,30,32)/b24-12+. The SMILES string of the molecule is COc1cc(/C=C2/SC(=O)N(CC(=O)Nc3ccc(F)cc3F)C2=O)ccc1OCc1ccc(C)cc1. The number of carbonyl (C=O) groups excluding carboxylic acids is 3. The van der Waals surface area contributed by atoms with Crippen molar-refractivity contribution >= 4 is 40.6 Å². The van der Waals surface area contributed by atoms with Crippen molar-refractivity contribution in [1.29, 1.82) is 0 Å². The lowest BCUT2D eigenvalue weighted by Gasteiger charge is -2.13. The highest BCUT2D eigenvalue weighted by Gasteiger charge is 2.36. The van der Waals surface area contributed by atoms with E-state index >= 15 is 0 Å². The summed E-state index contributed by atoms with van der Waals surface area (Å²) in [5.74, 6) is -2.27. The Hall–Kier alpha value is -4.18. The number of hydrogen-bond donors (Lipinski definition) is 1. The molecule has 0 spiro atoms. The van der Waals surface area contributed by atoms with Crippen molar-refractivity contribution in [3.05, 3.63) is 93.9 Å². The maximum Gasteiger partial charge on any atom is 0.294 e. The first-order chi connectivity index (χ1) is 17.7. The van der Waals surface area contributed by atoms with E-state index in [-0.39, 0.29) is 10.6 Å².